The summed E-state index contributed by atoms with van der Waals surface area (Å²) in [6.07, 6.45) is -1.42. The van der Waals surface area contributed by atoms with Gasteiger partial charge in [-0.05, 0) is 37.1 Å². The van der Waals surface area contributed by atoms with Gasteiger partial charge in [0, 0.05) is 24.0 Å². The minimum absolute atomic E-state index is 0.00488. The summed E-state index contributed by atoms with van der Waals surface area (Å²) in [5.74, 6) is -5.83. The highest BCUT2D eigenvalue weighted by atomic mass is 16.3. The molecule has 1 aromatic rings. The number of amides is 1. The number of nitrogens with one attached hydrogen (secondary N) is 1. The maximum Gasteiger partial charge on any atom is 0.249 e. The highest BCUT2D eigenvalue weighted by molar-refractivity contribution is 6.14. The molecule has 0 unspecified atom stereocenters. The number of ketones is 1. The number of hydrogen-bond donors (Lipinski definition) is 7. The SMILES string of the molecule is C[C@H]1c2cccc(O)c2C(=O)C2=C(O)[C@@]3(O)[C@@H]([C@@H](O)[C@@H]21)[C@H](N(C)C)C(O)=C(C(N)=O)[C@H]3NCC(C)(C)C. The average molecular weight is 516 g/mol. The second kappa shape index (κ2) is 8.83. The van der Waals surface area contributed by atoms with Crippen molar-refractivity contribution in [2.45, 2.75) is 57.4 Å². The van der Waals surface area contributed by atoms with Crippen LogP contribution in [0.1, 0.15) is 49.5 Å². The first-order chi connectivity index (χ1) is 17.1. The van der Waals surface area contributed by atoms with Gasteiger partial charge < -0.3 is 36.6 Å². The number of phenols is 1. The Morgan fingerprint density at radius 1 is 1.19 bits per heavy atom. The van der Waals surface area contributed by atoms with Crippen LogP contribution in [0.25, 0.3) is 0 Å². The van der Waals surface area contributed by atoms with Gasteiger partial charge in [-0.2, -0.15) is 0 Å². The van der Waals surface area contributed by atoms with Gasteiger partial charge in [0.2, 0.25) is 5.91 Å². The van der Waals surface area contributed by atoms with E-state index in [4.69, 9.17) is 5.73 Å². The molecule has 202 valence electrons. The second-order valence-electron chi connectivity index (χ2n) is 11.9. The molecule has 0 heterocycles. The lowest BCUT2D eigenvalue weighted by Crippen LogP contribution is -2.72. The molecule has 3 aliphatic rings. The molecule has 10 heteroatoms. The number of carbonyl (C=O) groups excluding carboxylic acids is 2. The molecular formula is C27H37N3O7. The molecule has 0 aromatic heterocycles. The van der Waals surface area contributed by atoms with E-state index in [1.54, 1.807) is 33.2 Å². The number of rotatable bonds is 4. The number of phenolic OH excluding ortho intramolecular Hbond substituents is 1. The Bertz CT molecular complexity index is 1210. The molecule has 37 heavy (non-hydrogen) atoms. The predicted octanol–water partition coefficient (Wildman–Crippen LogP) is 1.09. The van der Waals surface area contributed by atoms with E-state index in [1.807, 2.05) is 20.8 Å². The fraction of sp³-hybridized carbons (Fsp3) is 0.556. The maximum absolute atomic E-state index is 13.7. The van der Waals surface area contributed by atoms with Gasteiger partial charge in [-0.15, -0.1) is 0 Å². The molecule has 0 radical (unpaired) electrons. The van der Waals surface area contributed by atoms with E-state index in [9.17, 15) is 35.1 Å². The number of fused-ring (bicyclic) bond motifs is 3. The van der Waals surface area contributed by atoms with Crippen molar-refractivity contribution in [2.75, 3.05) is 20.6 Å². The summed E-state index contributed by atoms with van der Waals surface area (Å²) < 4.78 is 0. The van der Waals surface area contributed by atoms with E-state index in [2.05, 4.69) is 5.32 Å². The number of primary amides is 1. The first kappa shape index (κ1) is 27.1. The molecule has 0 aliphatic heterocycles. The first-order valence-corrected chi connectivity index (χ1v) is 12.4. The lowest BCUT2D eigenvalue weighted by molar-refractivity contribution is -0.147. The van der Waals surface area contributed by atoms with E-state index in [0.717, 1.165) is 0 Å². The zero-order valence-electron chi connectivity index (χ0n) is 22.0. The van der Waals surface area contributed by atoms with Gasteiger partial charge in [0.25, 0.3) is 0 Å². The van der Waals surface area contributed by atoms with Crippen molar-refractivity contribution in [3.63, 3.8) is 0 Å². The quantitative estimate of drug-likeness (QED) is 0.309. The normalized spacial score (nSPS) is 33.8. The monoisotopic (exact) mass is 515 g/mol. The van der Waals surface area contributed by atoms with Crippen molar-refractivity contribution in [3.05, 3.63) is 52.0 Å². The number of carbonyl (C=O) groups is 2. The second-order valence-corrected chi connectivity index (χ2v) is 11.9. The fourth-order valence-corrected chi connectivity index (χ4v) is 6.46. The molecule has 8 N–H and O–H groups in total. The summed E-state index contributed by atoms with van der Waals surface area (Å²) in [6, 6.07) is 2.11. The van der Waals surface area contributed by atoms with Crippen LogP contribution < -0.4 is 11.1 Å². The Labute approximate surface area is 216 Å². The Hall–Kier alpha value is -2.92. The summed E-state index contributed by atoms with van der Waals surface area (Å²) in [7, 11) is 3.21. The molecule has 0 saturated heterocycles. The zero-order chi connectivity index (χ0) is 27.8. The highest BCUT2D eigenvalue weighted by Crippen LogP contribution is 2.56. The number of aliphatic hydroxyl groups excluding tert-OH is 3. The molecule has 0 bridgehead atoms. The van der Waals surface area contributed by atoms with Gasteiger partial charge >= 0.3 is 0 Å². The van der Waals surface area contributed by atoms with Crippen LogP contribution in [-0.4, -0.2) is 86.6 Å². The molecule has 1 amide bonds. The highest BCUT2D eigenvalue weighted by Gasteiger charge is 2.67. The number of aromatic hydroxyl groups is 1. The number of likely N-dealkylation sites (N-methyl/N-ethyl adjacent to an activating group) is 1. The fourth-order valence-electron chi connectivity index (χ4n) is 6.46. The molecule has 0 fully saturated rings. The van der Waals surface area contributed by atoms with Crippen molar-refractivity contribution in [3.8, 4) is 5.75 Å². The van der Waals surface area contributed by atoms with Crippen molar-refractivity contribution in [2.24, 2.45) is 23.0 Å². The van der Waals surface area contributed by atoms with Crippen molar-refractivity contribution in [1.82, 2.24) is 10.2 Å². The van der Waals surface area contributed by atoms with Crippen molar-refractivity contribution < 1.29 is 35.1 Å². The van der Waals surface area contributed by atoms with Gasteiger partial charge in [-0.25, -0.2) is 0 Å². The van der Waals surface area contributed by atoms with Gasteiger partial charge in [-0.3, -0.25) is 14.5 Å². The largest absolute Gasteiger partial charge is 0.510 e. The molecule has 0 spiro atoms. The van der Waals surface area contributed by atoms with E-state index in [1.165, 1.54) is 11.0 Å². The molecule has 10 nitrogen and oxygen atoms in total. The zero-order valence-corrected chi connectivity index (χ0v) is 22.0. The van der Waals surface area contributed by atoms with Gasteiger partial charge in [0.1, 0.15) is 22.9 Å². The van der Waals surface area contributed by atoms with Gasteiger partial charge in [-0.1, -0.05) is 39.8 Å². The number of nitrogens with two attached hydrogens (primary N) is 1. The van der Waals surface area contributed by atoms with Crippen LogP contribution in [0.3, 0.4) is 0 Å². The van der Waals surface area contributed by atoms with Gasteiger partial charge in [0.15, 0.2) is 5.78 Å². The van der Waals surface area contributed by atoms with Crippen LogP contribution in [0, 0.1) is 17.3 Å². The van der Waals surface area contributed by atoms with E-state index in [0.29, 0.717) is 5.56 Å². The third-order valence-corrected chi connectivity index (χ3v) is 8.07. The van der Waals surface area contributed by atoms with E-state index < -0.39 is 64.8 Å². The van der Waals surface area contributed by atoms with Crippen LogP contribution in [0.5, 0.6) is 5.75 Å². The Morgan fingerprint density at radius 2 is 1.81 bits per heavy atom. The maximum atomic E-state index is 13.7. The average Bonchev–Trinajstić information content (AvgIpc) is 2.78. The topological polar surface area (TPSA) is 177 Å². The van der Waals surface area contributed by atoms with Crippen LogP contribution in [0.2, 0.25) is 0 Å². The first-order valence-electron chi connectivity index (χ1n) is 12.4. The standard InChI is InChI=1S/C27H37N3O7/c1-11-12-8-7-9-13(31)15(12)20(32)16-14(11)21(33)18-19(30(5)6)22(34)17(25(28)36)23(27(18,37)24(16)35)29-10-26(2,3)4/h7-9,11,14,18-19,21,23,29,31,33-35,37H,10H2,1-6H3,(H2,28,36)/t11-,14+,18+,19-,21-,23+,27+/m0/s1. The minimum Gasteiger partial charge on any atom is -0.510 e. The lowest BCUT2D eigenvalue weighted by atomic mass is 9.54. The third kappa shape index (κ3) is 3.85. The lowest BCUT2D eigenvalue weighted by Gasteiger charge is -2.57. The third-order valence-electron chi connectivity index (χ3n) is 8.07. The summed E-state index contributed by atoms with van der Waals surface area (Å²) in [6.45, 7) is 7.74. The molecule has 3 aliphatic carbocycles. The molecule has 7 atom stereocenters. The van der Waals surface area contributed by atoms with Crippen LogP contribution >= 0.6 is 0 Å². The van der Waals surface area contributed by atoms with Crippen LogP contribution in [-0.2, 0) is 4.79 Å². The number of benzene rings is 1. The molecule has 1 aromatic carbocycles. The van der Waals surface area contributed by atoms with E-state index in [-0.39, 0.29) is 34.4 Å². The van der Waals surface area contributed by atoms with Crippen molar-refractivity contribution in [1.29, 1.82) is 0 Å². The number of nitrogens with zero attached hydrogens (tertiary/aromatic N) is 1. The van der Waals surface area contributed by atoms with Crippen LogP contribution in [0.4, 0.5) is 0 Å². The number of aliphatic hydroxyl groups is 4. The summed E-state index contributed by atoms with van der Waals surface area (Å²) >= 11 is 0. The Morgan fingerprint density at radius 3 is 2.35 bits per heavy atom. The van der Waals surface area contributed by atoms with E-state index >= 15 is 0 Å². The number of Topliss-reactive ketones (excluding diaryl/α,β-unsaturated/α-hetero) is 1. The Kier molecular flexibility index (Phi) is 6.48. The summed E-state index contributed by atoms with van der Waals surface area (Å²) in [5.41, 5.74) is 2.90. The smallest absolute Gasteiger partial charge is 0.249 e. The van der Waals surface area contributed by atoms with Gasteiger partial charge in [0.05, 0.1) is 29.3 Å². The van der Waals surface area contributed by atoms with Crippen molar-refractivity contribution >= 4 is 11.7 Å². The summed E-state index contributed by atoms with van der Waals surface area (Å²) in [5, 5.41) is 60.9. The number of hydrogen-bond acceptors (Lipinski definition) is 9. The molecular weight excluding hydrogens is 478 g/mol. The molecule has 4 rings (SSSR count). The Balaban J connectivity index is 2.05. The van der Waals surface area contributed by atoms with Crippen LogP contribution in [0.15, 0.2) is 40.9 Å². The molecule has 0 saturated carbocycles. The minimum atomic E-state index is -2.39. The summed E-state index contributed by atoms with van der Waals surface area (Å²) in [4.78, 5) is 27.9. The predicted molar refractivity (Wildman–Crippen MR) is 136 cm³/mol.